The predicted molar refractivity (Wildman–Crippen MR) is 102 cm³/mol. The van der Waals surface area contributed by atoms with Gasteiger partial charge in [-0.25, -0.2) is 0 Å². The maximum Gasteiger partial charge on any atom is 0.573 e. The molecule has 1 aromatic rings. The Hall–Kier alpha value is -1.92. The van der Waals surface area contributed by atoms with Crippen molar-refractivity contribution in [1.29, 1.82) is 0 Å². The quantitative estimate of drug-likeness (QED) is 0.722. The van der Waals surface area contributed by atoms with Crippen molar-refractivity contribution >= 4 is 5.91 Å². The summed E-state index contributed by atoms with van der Waals surface area (Å²) in [6, 6.07) is 4.84. The van der Waals surface area contributed by atoms with Crippen LogP contribution in [0.5, 0.6) is 5.75 Å². The van der Waals surface area contributed by atoms with Crippen LogP contribution >= 0.6 is 0 Å². The van der Waals surface area contributed by atoms with Crippen molar-refractivity contribution in [3.8, 4) is 5.75 Å². The molecule has 11 heteroatoms. The van der Waals surface area contributed by atoms with Gasteiger partial charge in [-0.2, -0.15) is 0 Å². The fourth-order valence-corrected chi connectivity index (χ4v) is 4.18. The molecular formula is C21H26F3NO7. The minimum absolute atomic E-state index is 0.0971. The number of fused-ring (bicyclic) bond motifs is 1. The zero-order valence-electron chi connectivity index (χ0n) is 18.1. The number of hydrogen-bond donors (Lipinski definition) is 1. The summed E-state index contributed by atoms with van der Waals surface area (Å²) in [6.07, 6.45) is -7.66. The molecule has 0 aliphatic carbocycles. The molecule has 0 radical (unpaired) electrons. The number of rotatable bonds is 5. The van der Waals surface area contributed by atoms with Crippen LogP contribution in [0.4, 0.5) is 13.2 Å². The first-order chi connectivity index (χ1) is 14.8. The van der Waals surface area contributed by atoms with Crippen LogP contribution in [0, 0.1) is 0 Å². The van der Waals surface area contributed by atoms with Gasteiger partial charge in [-0.05, 0) is 33.8 Å². The highest BCUT2D eigenvalue weighted by atomic mass is 19.4. The van der Waals surface area contributed by atoms with Crippen molar-refractivity contribution in [3.63, 3.8) is 0 Å². The lowest BCUT2D eigenvalue weighted by Gasteiger charge is -2.29. The standard InChI is InChI=1S/C21H26F3NO7/c1-19(2)27-10-13(29-19)16-15(17-18(28-16)32-20(3,4)31-17)25-14(26)9-11-7-5-6-8-12(11)30-21(22,23)24/h5-8,13,15-18H,9-10H2,1-4H3,(H,25,26)/t13?,15-,16-,17-,18-/m1/s1. The lowest BCUT2D eigenvalue weighted by Crippen LogP contribution is -2.53. The van der Waals surface area contributed by atoms with Gasteiger partial charge in [-0.15, -0.1) is 13.2 Å². The highest BCUT2D eigenvalue weighted by molar-refractivity contribution is 5.79. The van der Waals surface area contributed by atoms with Gasteiger partial charge in [0, 0.05) is 5.56 Å². The molecule has 1 unspecified atom stereocenters. The minimum Gasteiger partial charge on any atom is -0.405 e. The molecular weight excluding hydrogens is 435 g/mol. The Labute approximate surface area is 183 Å². The summed E-state index contributed by atoms with van der Waals surface area (Å²) in [5, 5.41) is 2.84. The molecule has 3 aliphatic rings. The summed E-state index contributed by atoms with van der Waals surface area (Å²) in [6.45, 7) is 7.24. The number of benzene rings is 1. The van der Waals surface area contributed by atoms with Crippen LogP contribution in [0.15, 0.2) is 24.3 Å². The highest BCUT2D eigenvalue weighted by Gasteiger charge is 2.58. The first kappa shape index (κ1) is 23.2. The summed E-state index contributed by atoms with van der Waals surface area (Å²) in [5.41, 5.74) is 0.0971. The fourth-order valence-electron chi connectivity index (χ4n) is 4.18. The van der Waals surface area contributed by atoms with Crippen molar-refractivity contribution < 1.29 is 46.4 Å². The summed E-state index contributed by atoms with van der Waals surface area (Å²) in [7, 11) is 0. The number of hydrogen-bond acceptors (Lipinski definition) is 7. The molecule has 1 N–H and O–H groups in total. The first-order valence-electron chi connectivity index (χ1n) is 10.3. The SMILES string of the molecule is CC1(C)OCC([C@H]2O[C@@H]3OC(C)(C)O[C@@H]3[C@@H]2NC(=O)Cc2ccccc2OC(F)(F)F)O1. The first-order valence-corrected chi connectivity index (χ1v) is 10.3. The molecule has 178 valence electrons. The maximum absolute atomic E-state index is 12.9. The second kappa shape index (κ2) is 8.14. The molecule has 3 heterocycles. The Morgan fingerprint density at radius 2 is 1.81 bits per heavy atom. The summed E-state index contributed by atoms with van der Waals surface area (Å²) in [4.78, 5) is 12.9. The monoisotopic (exact) mass is 461 g/mol. The lowest BCUT2D eigenvalue weighted by molar-refractivity contribution is -0.274. The van der Waals surface area contributed by atoms with Gasteiger partial charge < -0.3 is 33.7 Å². The summed E-state index contributed by atoms with van der Waals surface area (Å²) in [5.74, 6) is -2.67. The number of carbonyl (C=O) groups is 1. The van der Waals surface area contributed by atoms with E-state index in [1.165, 1.54) is 18.2 Å². The molecule has 3 aliphatic heterocycles. The van der Waals surface area contributed by atoms with Gasteiger partial charge in [0.05, 0.1) is 19.1 Å². The molecule has 0 spiro atoms. The number of alkyl halides is 3. The van der Waals surface area contributed by atoms with Crippen molar-refractivity contribution in [3.05, 3.63) is 29.8 Å². The zero-order valence-corrected chi connectivity index (χ0v) is 18.1. The second-order valence-corrected chi connectivity index (χ2v) is 8.86. The van der Waals surface area contributed by atoms with Gasteiger partial charge in [0.2, 0.25) is 5.91 Å². The molecule has 5 atom stereocenters. The molecule has 4 rings (SSSR count). The smallest absolute Gasteiger partial charge is 0.405 e. The molecule has 0 aromatic heterocycles. The average Bonchev–Trinajstić information content (AvgIpc) is 3.25. The molecule has 3 saturated heterocycles. The van der Waals surface area contributed by atoms with E-state index < -0.39 is 60.2 Å². The van der Waals surface area contributed by atoms with E-state index in [2.05, 4.69) is 10.1 Å². The molecule has 32 heavy (non-hydrogen) atoms. The van der Waals surface area contributed by atoms with Gasteiger partial charge in [0.1, 0.15) is 24.1 Å². The number of amides is 1. The normalized spacial score (nSPS) is 33.2. The zero-order chi connectivity index (χ0) is 23.3. The van der Waals surface area contributed by atoms with E-state index in [0.717, 1.165) is 6.07 Å². The number of para-hydroxylation sites is 1. The number of ether oxygens (including phenoxy) is 6. The van der Waals surface area contributed by atoms with Crippen LogP contribution in [0.2, 0.25) is 0 Å². The Morgan fingerprint density at radius 1 is 1.09 bits per heavy atom. The molecule has 1 aromatic carbocycles. The van der Waals surface area contributed by atoms with Crippen molar-refractivity contribution in [2.24, 2.45) is 0 Å². The minimum atomic E-state index is -4.86. The van der Waals surface area contributed by atoms with Crippen LogP contribution in [-0.2, 0) is 34.9 Å². The Kier molecular flexibility index (Phi) is 5.91. The van der Waals surface area contributed by atoms with Gasteiger partial charge in [0.25, 0.3) is 0 Å². The van der Waals surface area contributed by atoms with Gasteiger partial charge >= 0.3 is 6.36 Å². The maximum atomic E-state index is 12.9. The van der Waals surface area contributed by atoms with Crippen LogP contribution in [0.25, 0.3) is 0 Å². The molecule has 1 amide bonds. The van der Waals surface area contributed by atoms with Crippen molar-refractivity contribution in [1.82, 2.24) is 5.32 Å². The third-order valence-electron chi connectivity index (χ3n) is 5.36. The molecule has 8 nitrogen and oxygen atoms in total. The molecule has 0 saturated carbocycles. The largest absolute Gasteiger partial charge is 0.573 e. The summed E-state index contributed by atoms with van der Waals surface area (Å²) < 4.78 is 71.4. The Balaban J connectivity index is 1.50. The van der Waals surface area contributed by atoms with Gasteiger partial charge in [0.15, 0.2) is 17.9 Å². The van der Waals surface area contributed by atoms with Crippen molar-refractivity contribution in [2.45, 2.75) is 82.7 Å². The molecule has 3 fully saturated rings. The summed E-state index contributed by atoms with van der Waals surface area (Å²) >= 11 is 0. The van der Waals surface area contributed by atoms with E-state index in [1.54, 1.807) is 27.7 Å². The van der Waals surface area contributed by atoms with E-state index in [1.807, 2.05) is 0 Å². The van der Waals surface area contributed by atoms with Gasteiger partial charge in [-0.1, -0.05) is 18.2 Å². The topological polar surface area (TPSA) is 84.5 Å². The van der Waals surface area contributed by atoms with Crippen LogP contribution in [0.3, 0.4) is 0 Å². The van der Waals surface area contributed by atoms with E-state index in [4.69, 9.17) is 23.7 Å². The fraction of sp³-hybridized carbons (Fsp3) is 0.667. The van der Waals surface area contributed by atoms with E-state index in [9.17, 15) is 18.0 Å². The van der Waals surface area contributed by atoms with Crippen LogP contribution in [0.1, 0.15) is 33.3 Å². The second-order valence-electron chi connectivity index (χ2n) is 8.86. The van der Waals surface area contributed by atoms with E-state index in [0.29, 0.717) is 0 Å². The third-order valence-corrected chi connectivity index (χ3v) is 5.36. The number of nitrogens with one attached hydrogen (secondary N) is 1. The van der Waals surface area contributed by atoms with Crippen LogP contribution < -0.4 is 10.1 Å². The molecule has 0 bridgehead atoms. The third kappa shape index (κ3) is 5.18. The predicted octanol–water partition coefficient (Wildman–Crippen LogP) is 2.64. The Morgan fingerprint density at radius 3 is 2.47 bits per heavy atom. The van der Waals surface area contributed by atoms with E-state index in [-0.39, 0.29) is 18.6 Å². The lowest BCUT2D eigenvalue weighted by atomic mass is 10.0. The number of carbonyl (C=O) groups excluding carboxylic acids is 1. The average molecular weight is 461 g/mol. The number of halogens is 3. The van der Waals surface area contributed by atoms with Crippen LogP contribution in [-0.4, -0.2) is 61.1 Å². The Bertz CT molecular complexity index is 860. The highest BCUT2D eigenvalue weighted by Crippen LogP contribution is 2.40. The van der Waals surface area contributed by atoms with Gasteiger partial charge in [-0.3, -0.25) is 4.79 Å². The van der Waals surface area contributed by atoms with Crippen molar-refractivity contribution in [2.75, 3.05) is 6.61 Å². The van der Waals surface area contributed by atoms with E-state index >= 15 is 0 Å².